The highest BCUT2D eigenvalue weighted by Crippen LogP contribution is 2.24. The Morgan fingerprint density at radius 3 is 2.35 bits per heavy atom. The third-order valence-corrected chi connectivity index (χ3v) is 4.97. The van der Waals surface area contributed by atoms with Gasteiger partial charge in [0.2, 0.25) is 0 Å². The van der Waals surface area contributed by atoms with Gasteiger partial charge in [0.25, 0.3) is 0 Å². The van der Waals surface area contributed by atoms with Gasteiger partial charge in [0.1, 0.15) is 5.75 Å². The topological polar surface area (TPSA) is 22.1 Å². The summed E-state index contributed by atoms with van der Waals surface area (Å²) >= 11 is 0. The van der Waals surface area contributed by atoms with Crippen molar-refractivity contribution in [3.63, 3.8) is 0 Å². The van der Waals surface area contributed by atoms with Crippen LogP contribution in [0.3, 0.4) is 0 Å². The van der Waals surface area contributed by atoms with Gasteiger partial charge in [0.05, 0.1) is 18.3 Å². The highest BCUT2D eigenvalue weighted by molar-refractivity contribution is 5.82. The number of nitrogens with zero attached hydrogens (tertiary/aromatic N) is 1. The third-order valence-electron chi connectivity index (χ3n) is 4.97. The van der Waals surface area contributed by atoms with E-state index in [1.807, 2.05) is 18.2 Å². The largest absolute Gasteiger partial charge is 0.497 e. The molecule has 0 spiro atoms. The number of aromatic nitrogens is 1. The van der Waals surface area contributed by atoms with E-state index in [-0.39, 0.29) is 0 Å². The van der Waals surface area contributed by atoms with Gasteiger partial charge in [-0.15, -0.1) is 0 Å². The fourth-order valence-electron chi connectivity index (χ4n) is 3.34. The Bertz CT molecular complexity index is 823. The van der Waals surface area contributed by atoms with Gasteiger partial charge in [-0.05, 0) is 42.7 Å². The molecular formula is C24H29NO. The monoisotopic (exact) mass is 347 g/mol. The maximum Gasteiger partial charge on any atom is 0.119 e. The van der Waals surface area contributed by atoms with Crippen molar-refractivity contribution in [3.8, 4) is 17.0 Å². The van der Waals surface area contributed by atoms with Crippen LogP contribution in [-0.2, 0) is 6.42 Å². The number of aryl methyl sites for hydroxylation is 1. The fraction of sp³-hybridized carbons (Fsp3) is 0.375. The Hall–Kier alpha value is -2.35. The molecule has 0 aliphatic heterocycles. The second-order valence-electron chi connectivity index (χ2n) is 6.97. The quantitative estimate of drug-likeness (QED) is 0.396. The van der Waals surface area contributed by atoms with Crippen LogP contribution in [0.1, 0.15) is 51.0 Å². The van der Waals surface area contributed by atoms with Crippen molar-refractivity contribution in [1.82, 2.24) is 4.98 Å². The highest BCUT2D eigenvalue weighted by Gasteiger charge is 2.03. The molecule has 0 unspecified atom stereocenters. The molecule has 3 aromatic rings. The van der Waals surface area contributed by atoms with Crippen LogP contribution < -0.4 is 4.74 Å². The van der Waals surface area contributed by atoms with Crippen LogP contribution in [0.2, 0.25) is 0 Å². The predicted molar refractivity (Wildman–Crippen MR) is 111 cm³/mol. The molecule has 136 valence electrons. The lowest BCUT2D eigenvalue weighted by Gasteiger charge is -2.07. The minimum atomic E-state index is 0.867. The van der Waals surface area contributed by atoms with E-state index in [9.17, 15) is 0 Å². The molecule has 1 aromatic heterocycles. The molecule has 2 nitrogen and oxygen atoms in total. The Balaban J connectivity index is 1.62. The number of hydrogen-bond donors (Lipinski definition) is 0. The summed E-state index contributed by atoms with van der Waals surface area (Å²) in [5, 5.41) is 1.10. The van der Waals surface area contributed by atoms with E-state index in [4.69, 9.17) is 9.72 Å². The second-order valence-corrected chi connectivity index (χ2v) is 6.97. The minimum absolute atomic E-state index is 0.867. The van der Waals surface area contributed by atoms with Gasteiger partial charge < -0.3 is 4.74 Å². The van der Waals surface area contributed by atoms with E-state index < -0.39 is 0 Å². The van der Waals surface area contributed by atoms with Gasteiger partial charge in [-0.1, -0.05) is 69.4 Å². The predicted octanol–water partition coefficient (Wildman–Crippen LogP) is 6.81. The highest BCUT2D eigenvalue weighted by atomic mass is 16.5. The SMILES string of the molecule is CCCCCCCCc1ccc(-c2ccc3cc(OC)ccc3n2)cc1. The smallest absolute Gasteiger partial charge is 0.119 e. The molecule has 0 N–H and O–H groups in total. The van der Waals surface area contributed by atoms with E-state index in [2.05, 4.69) is 43.3 Å². The summed E-state index contributed by atoms with van der Waals surface area (Å²) in [6, 6.07) is 19.1. The average Bonchev–Trinajstić information content (AvgIpc) is 2.70. The van der Waals surface area contributed by atoms with Crippen molar-refractivity contribution >= 4 is 10.9 Å². The molecule has 0 radical (unpaired) electrons. The van der Waals surface area contributed by atoms with Crippen molar-refractivity contribution in [2.24, 2.45) is 0 Å². The van der Waals surface area contributed by atoms with E-state index in [1.54, 1.807) is 7.11 Å². The van der Waals surface area contributed by atoms with Crippen LogP contribution in [0.15, 0.2) is 54.6 Å². The summed E-state index contributed by atoms with van der Waals surface area (Å²) in [5.74, 6) is 0.867. The second kappa shape index (κ2) is 9.38. The van der Waals surface area contributed by atoms with Crippen LogP contribution in [0.25, 0.3) is 22.2 Å². The molecule has 2 heteroatoms. The molecule has 0 bridgehead atoms. The molecule has 26 heavy (non-hydrogen) atoms. The molecule has 0 aliphatic rings. The molecule has 0 saturated heterocycles. The summed E-state index contributed by atoms with van der Waals surface area (Å²) in [6.45, 7) is 2.27. The summed E-state index contributed by atoms with van der Waals surface area (Å²) in [7, 11) is 1.69. The van der Waals surface area contributed by atoms with Crippen LogP contribution >= 0.6 is 0 Å². The number of rotatable bonds is 9. The summed E-state index contributed by atoms with van der Waals surface area (Å²) < 4.78 is 5.28. The minimum Gasteiger partial charge on any atom is -0.497 e. The third kappa shape index (κ3) is 4.85. The van der Waals surface area contributed by atoms with Gasteiger partial charge in [-0.2, -0.15) is 0 Å². The van der Waals surface area contributed by atoms with E-state index in [0.717, 1.165) is 22.3 Å². The van der Waals surface area contributed by atoms with E-state index in [0.29, 0.717) is 0 Å². The maximum atomic E-state index is 5.28. The van der Waals surface area contributed by atoms with Crippen LogP contribution in [0.4, 0.5) is 0 Å². The van der Waals surface area contributed by atoms with Crippen molar-refractivity contribution in [1.29, 1.82) is 0 Å². The molecule has 2 aromatic carbocycles. The van der Waals surface area contributed by atoms with Crippen molar-refractivity contribution < 1.29 is 4.74 Å². The Morgan fingerprint density at radius 1 is 0.808 bits per heavy atom. The molecule has 0 fully saturated rings. The van der Waals surface area contributed by atoms with Crippen molar-refractivity contribution in [2.45, 2.75) is 51.9 Å². The molecule has 3 rings (SSSR count). The van der Waals surface area contributed by atoms with Crippen LogP contribution in [0.5, 0.6) is 5.75 Å². The zero-order chi connectivity index (χ0) is 18.2. The van der Waals surface area contributed by atoms with Gasteiger partial charge in [0, 0.05) is 10.9 Å². The Morgan fingerprint density at radius 2 is 1.58 bits per heavy atom. The summed E-state index contributed by atoms with van der Waals surface area (Å²) in [5.41, 5.74) is 4.62. The number of methoxy groups -OCH3 is 1. The zero-order valence-corrected chi connectivity index (χ0v) is 16.0. The lowest BCUT2D eigenvalue weighted by atomic mass is 10.0. The maximum absolute atomic E-state index is 5.28. The van der Waals surface area contributed by atoms with E-state index >= 15 is 0 Å². The lowest BCUT2D eigenvalue weighted by Crippen LogP contribution is -1.89. The number of hydrogen-bond acceptors (Lipinski definition) is 2. The molecule has 0 amide bonds. The first-order valence-corrected chi connectivity index (χ1v) is 9.84. The Kier molecular flexibility index (Phi) is 6.65. The molecule has 1 heterocycles. The molecule has 0 atom stereocenters. The van der Waals surface area contributed by atoms with E-state index in [1.165, 1.54) is 56.1 Å². The molecule has 0 saturated carbocycles. The number of fused-ring (bicyclic) bond motifs is 1. The zero-order valence-electron chi connectivity index (χ0n) is 16.0. The van der Waals surface area contributed by atoms with Gasteiger partial charge >= 0.3 is 0 Å². The number of ether oxygens (including phenoxy) is 1. The van der Waals surface area contributed by atoms with Crippen molar-refractivity contribution in [2.75, 3.05) is 7.11 Å². The summed E-state index contributed by atoms with van der Waals surface area (Å²) in [4.78, 5) is 4.80. The first-order chi connectivity index (χ1) is 12.8. The van der Waals surface area contributed by atoms with Gasteiger partial charge in [-0.3, -0.25) is 0 Å². The molecular weight excluding hydrogens is 318 g/mol. The van der Waals surface area contributed by atoms with Gasteiger partial charge in [0.15, 0.2) is 0 Å². The number of unbranched alkanes of at least 4 members (excludes halogenated alkanes) is 5. The Labute approximate surface area is 157 Å². The summed E-state index contributed by atoms with van der Waals surface area (Å²) in [6.07, 6.45) is 9.26. The first kappa shape index (κ1) is 18.4. The van der Waals surface area contributed by atoms with Crippen LogP contribution in [-0.4, -0.2) is 12.1 Å². The van der Waals surface area contributed by atoms with Gasteiger partial charge in [-0.25, -0.2) is 4.98 Å². The molecule has 0 aliphatic carbocycles. The standard InChI is InChI=1S/C24H29NO/c1-3-4-5-6-7-8-9-19-10-12-20(13-11-19)23-16-14-21-18-22(26-2)15-17-24(21)25-23/h10-18H,3-9H2,1-2H3. The average molecular weight is 348 g/mol. The number of pyridine rings is 1. The first-order valence-electron chi connectivity index (χ1n) is 9.84. The van der Waals surface area contributed by atoms with Crippen LogP contribution in [0, 0.1) is 0 Å². The van der Waals surface area contributed by atoms with Crippen molar-refractivity contribution in [3.05, 3.63) is 60.2 Å². The number of benzene rings is 2. The normalized spacial score (nSPS) is 11.0. The fourth-order valence-corrected chi connectivity index (χ4v) is 3.34. The lowest BCUT2D eigenvalue weighted by molar-refractivity contribution is 0.415.